The van der Waals surface area contributed by atoms with Gasteiger partial charge in [-0.2, -0.15) is 0 Å². The van der Waals surface area contributed by atoms with E-state index in [1.165, 1.54) is 6.07 Å². The Morgan fingerprint density at radius 2 is 2.30 bits per heavy atom. The molecule has 0 aromatic carbocycles. The molecule has 0 aliphatic heterocycles. The van der Waals surface area contributed by atoms with Gasteiger partial charge in [-0.25, -0.2) is 4.98 Å². The number of hydrogen-bond donors (Lipinski definition) is 1. The molecule has 0 saturated heterocycles. The number of anilines is 1. The van der Waals surface area contributed by atoms with E-state index < -0.39 is 4.92 Å². The average molecular weight is 275 g/mol. The number of aromatic nitrogens is 1. The van der Waals surface area contributed by atoms with Gasteiger partial charge in [-0.1, -0.05) is 12.2 Å². The Bertz CT molecular complexity index is 536. The Morgan fingerprint density at radius 3 is 2.95 bits per heavy atom. The Balaban J connectivity index is 2.07. The van der Waals surface area contributed by atoms with E-state index in [0.29, 0.717) is 12.5 Å². The summed E-state index contributed by atoms with van der Waals surface area (Å²) in [6.45, 7) is 0.528. The van der Waals surface area contributed by atoms with Crippen molar-refractivity contribution >= 4 is 11.5 Å². The summed E-state index contributed by atoms with van der Waals surface area (Å²) in [6, 6.07) is 3.25. The number of nitro groups is 1. The van der Waals surface area contributed by atoms with Crippen LogP contribution in [0, 0.1) is 10.1 Å². The molecule has 106 valence electrons. The Kier molecular flexibility index (Phi) is 4.84. The summed E-state index contributed by atoms with van der Waals surface area (Å²) in [6.07, 6.45) is 9.22. The zero-order chi connectivity index (χ0) is 14.4. The van der Waals surface area contributed by atoms with Gasteiger partial charge in [0.05, 0.1) is 11.5 Å². The van der Waals surface area contributed by atoms with Gasteiger partial charge in [0.2, 0.25) is 5.82 Å². The van der Waals surface area contributed by atoms with E-state index in [1.54, 1.807) is 31.5 Å². The predicted molar refractivity (Wildman–Crippen MR) is 76.6 cm³/mol. The number of rotatable bonds is 7. The third kappa shape index (κ3) is 3.89. The molecule has 0 bridgehead atoms. The van der Waals surface area contributed by atoms with Crippen molar-refractivity contribution in [1.29, 1.82) is 0 Å². The highest BCUT2D eigenvalue weighted by molar-refractivity contribution is 5.58. The number of allylic oxidation sites excluding steroid dienone is 2. The second kappa shape index (κ2) is 6.81. The van der Waals surface area contributed by atoms with Gasteiger partial charge < -0.3 is 10.1 Å². The van der Waals surface area contributed by atoms with Gasteiger partial charge in [-0.05, 0) is 25.0 Å². The predicted octanol–water partition coefficient (Wildman–Crippen LogP) is 3.00. The molecule has 20 heavy (non-hydrogen) atoms. The first-order valence-electron chi connectivity index (χ1n) is 6.45. The van der Waals surface area contributed by atoms with Crippen molar-refractivity contribution in [1.82, 2.24) is 4.98 Å². The summed E-state index contributed by atoms with van der Waals surface area (Å²) >= 11 is 0. The number of hydrogen-bond acceptors (Lipinski definition) is 5. The molecule has 0 amide bonds. The Hall–Kier alpha value is -2.21. The molecular weight excluding hydrogens is 258 g/mol. The van der Waals surface area contributed by atoms with Crippen LogP contribution >= 0.6 is 0 Å². The standard InChI is InChI=1S/C14H17N3O3/c1-20-10-4-2-3-9-15-14-13(17(18)19)8-7-12(16-14)11-5-6-11/h2-4,7-9,11H,5-6,10H2,1H3,(H,15,16)/b4-2+,9-3+. The van der Waals surface area contributed by atoms with Crippen molar-refractivity contribution in [3.63, 3.8) is 0 Å². The van der Waals surface area contributed by atoms with Gasteiger partial charge in [-0.15, -0.1) is 0 Å². The average Bonchev–Trinajstić information content (AvgIpc) is 3.27. The molecule has 1 N–H and O–H groups in total. The van der Waals surface area contributed by atoms with Crippen LogP contribution in [-0.2, 0) is 4.74 Å². The van der Waals surface area contributed by atoms with Crippen LogP contribution in [-0.4, -0.2) is 23.6 Å². The summed E-state index contributed by atoms with van der Waals surface area (Å²) in [5.74, 6) is 0.748. The molecule has 6 heteroatoms. The van der Waals surface area contributed by atoms with E-state index in [-0.39, 0.29) is 11.5 Å². The van der Waals surface area contributed by atoms with Crippen molar-refractivity contribution in [3.8, 4) is 0 Å². The quantitative estimate of drug-likeness (QED) is 0.470. The molecule has 6 nitrogen and oxygen atoms in total. The highest BCUT2D eigenvalue weighted by Crippen LogP contribution is 2.40. The lowest BCUT2D eigenvalue weighted by atomic mass is 10.2. The molecule has 1 fully saturated rings. The maximum atomic E-state index is 11.0. The highest BCUT2D eigenvalue weighted by Gasteiger charge is 2.27. The van der Waals surface area contributed by atoms with Gasteiger partial charge in [0, 0.05) is 31.0 Å². The lowest BCUT2D eigenvalue weighted by Gasteiger charge is -2.04. The third-order valence-electron chi connectivity index (χ3n) is 2.91. The van der Waals surface area contributed by atoms with Crippen LogP contribution in [0.1, 0.15) is 24.5 Å². The van der Waals surface area contributed by atoms with Gasteiger partial charge in [0.1, 0.15) is 0 Å². The van der Waals surface area contributed by atoms with Gasteiger partial charge in [-0.3, -0.25) is 10.1 Å². The van der Waals surface area contributed by atoms with E-state index in [2.05, 4.69) is 10.3 Å². The first kappa shape index (κ1) is 14.2. The van der Waals surface area contributed by atoms with Crippen LogP contribution in [0.5, 0.6) is 0 Å². The molecule has 0 atom stereocenters. The summed E-state index contributed by atoms with van der Waals surface area (Å²) in [5.41, 5.74) is 0.904. The number of pyridine rings is 1. The van der Waals surface area contributed by atoms with E-state index in [9.17, 15) is 10.1 Å². The van der Waals surface area contributed by atoms with Crippen LogP contribution in [0.4, 0.5) is 11.5 Å². The smallest absolute Gasteiger partial charge is 0.311 e. The normalized spacial score (nSPS) is 15.1. The number of methoxy groups -OCH3 is 1. The second-order valence-corrected chi connectivity index (χ2v) is 4.52. The highest BCUT2D eigenvalue weighted by atomic mass is 16.6. The molecule has 0 spiro atoms. The monoisotopic (exact) mass is 275 g/mol. The fourth-order valence-electron chi connectivity index (χ4n) is 1.74. The molecule has 1 aliphatic carbocycles. The third-order valence-corrected chi connectivity index (χ3v) is 2.91. The van der Waals surface area contributed by atoms with Crippen LogP contribution < -0.4 is 5.32 Å². The van der Waals surface area contributed by atoms with Crippen LogP contribution in [0.3, 0.4) is 0 Å². The van der Waals surface area contributed by atoms with Crippen LogP contribution in [0.2, 0.25) is 0 Å². The van der Waals surface area contributed by atoms with E-state index in [0.717, 1.165) is 18.5 Å². The summed E-state index contributed by atoms with van der Waals surface area (Å²) in [7, 11) is 1.61. The Labute approximate surface area is 117 Å². The van der Waals surface area contributed by atoms with Crippen LogP contribution in [0.15, 0.2) is 36.6 Å². The molecule has 1 aromatic rings. The van der Waals surface area contributed by atoms with E-state index in [4.69, 9.17) is 4.74 Å². The molecule has 1 heterocycles. The largest absolute Gasteiger partial charge is 0.381 e. The van der Waals surface area contributed by atoms with E-state index in [1.807, 2.05) is 6.08 Å². The van der Waals surface area contributed by atoms with Crippen molar-refractivity contribution in [2.24, 2.45) is 0 Å². The summed E-state index contributed by atoms with van der Waals surface area (Å²) in [4.78, 5) is 14.9. The zero-order valence-electron chi connectivity index (χ0n) is 11.3. The van der Waals surface area contributed by atoms with Crippen LogP contribution in [0.25, 0.3) is 0 Å². The van der Waals surface area contributed by atoms with Crippen molar-refractivity contribution in [2.75, 3.05) is 19.0 Å². The van der Waals surface area contributed by atoms with Crippen molar-refractivity contribution < 1.29 is 9.66 Å². The lowest BCUT2D eigenvalue weighted by molar-refractivity contribution is -0.384. The fourth-order valence-corrected chi connectivity index (χ4v) is 1.74. The molecule has 1 saturated carbocycles. The summed E-state index contributed by atoms with van der Waals surface area (Å²) in [5, 5.41) is 13.8. The minimum Gasteiger partial charge on any atom is -0.381 e. The molecule has 2 rings (SSSR count). The second-order valence-electron chi connectivity index (χ2n) is 4.52. The van der Waals surface area contributed by atoms with Gasteiger partial charge in [0.15, 0.2) is 0 Å². The first-order valence-corrected chi connectivity index (χ1v) is 6.45. The number of nitrogens with zero attached hydrogens (tertiary/aromatic N) is 2. The molecule has 0 unspecified atom stereocenters. The number of nitrogens with one attached hydrogen (secondary N) is 1. The first-order chi connectivity index (χ1) is 9.72. The zero-order valence-corrected chi connectivity index (χ0v) is 11.3. The fraction of sp³-hybridized carbons (Fsp3) is 0.357. The van der Waals surface area contributed by atoms with Gasteiger partial charge in [0.25, 0.3) is 0 Å². The Morgan fingerprint density at radius 1 is 1.50 bits per heavy atom. The maximum absolute atomic E-state index is 11.0. The van der Waals surface area contributed by atoms with Crippen molar-refractivity contribution in [2.45, 2.75) is 18.8 Å². The van der Waals surface area contributed by atoms with E-state index >= 15 is 0 Å². The topological polar surface area (TPSA) is 77.3 Å². The number of ether oxygens (including phenoxy) is 1. The van der Waals surface area contributed by atoms with Gasteiger partial charge >= 0.3 is 5.69 Å². The maximum Gasteiger partial charge on any atom is 0.311 e. The lowest BCUT2D eigenvalue weighted by Crippen LogP contribution is -2.00. The summed E-state index contributed by atoms with van der Waals surface area (Å²) < 4.78 is 4.86. The molecule has 1 aliphatic rings. The minimum absolute atomic E-state index is 0.0140. The molecule has 1 aromatic heterocycles. The minimum atomic E-state index is -0.430. The molecule has 0 radical (unpaired) electrons. The molecular formula is C14H17N3O3. The SMILES string of the molecule is COC/C=C/C=C/Nc1nc(C2CC2)ccc1[N+](=O)[O-]. The van der Waals surface area contributed by atoms with Crippen molar-refractivity contribution in [3.05, 3.63) is 52.4 Å².